The third-order valence-electron chi connectivity index (χ3n) is 4.47. The number of aliphatic carboxylic acids is 1. The zero-order chi connectivity index (χ0) is 24.1. The molecule has 0 radical (unpaired) electrons. The van der Waals surface area contributed by atoms with Gasteiger partial charge in [-0.25, -0.2) is 4.79 Å². The van der Waals surface area contributed by atoms with Crippen molar-refractivity contribution in [3.05, 3.63) is 52.4 Å². The van der Waals surface area contributed by atoms with E-state index in [4.69, 9.17) is 36.3 Å². The number of ether oxygens (including phenoxy) is 4. The molecule has 0 aromatic heterocycles. The van der Waals surface area contributed by atoms with Gasteiger partial charge in [0.15, 0.2) is 23.0 Å². The van der Waals surface area contributed by atoms with Crippen LogP contribution >= 0.6 is 24.0 Å². The zero-order valence-corrected chi connectivity index (χ0v) is 19.5. The molecule has 1 aliphatic heterocycles. The van der Waals surface area contributed by atoms with Crippen molar-refractivity contribution in [1.29, 1.82) is 0 Å². The second-order valence-electron chi connectivity index (χ2n) is 6.53. The van der Waals surface area contributed by atoms with Crippen molar-refractivity contribution in [1.82, 2.24) is 4.90 Å². The number of methoxy groups -OCH3 is 3. The fourth-order valence-electron chi connectivity index (χ4n) is 2.90. The molecule has 0 atom stereocenters. The van der Waals surface area contributed by atoms with Gasteiger partial charge in [0.2, 0.25) is 0 Å². The maximum Gasteiger partial charge on any atom is 0.343 e. The van der Waals surface area contributed by atoms with E-state index in [-0.39, 0.29) is 26.3 Å². The molecule has 1 fully saturated rings. The van der Waals surface area contributed by atoms with Crippen LogP contribution in [0.3, 0.4) is 0 Å². The summed E-state index contributed by atoms with van der Waals surface area (Å²) in [5, 5.41) is 8.94. The van der Waals surface area contributed by atoms with Gasteiger partial charge in [-0.15, -0.1) is 0 Å². The molecule has 2 aromatic rings. The van der Waals surface area contributed by atoms with Crippen molar-refractivity contribution in [2.45, 2.75) is 0 Å². The maximum absolute atomic E-state index is 12.6. The van der Waals surface area contributed by atoms with E-state index in [0.29, 0.717) is 17.1 Å². The number of amides is 1. The summed E-state index contributed by atoms with van der Waals surface area (Å²) >= 11 is 6.10. The van der Waals surface area contributed by atoms with E-state index >= 15 is 0 Å². The standard InChI is InChI=1S/C22H19NO8S2/c1-28-14-7-5-13(10-17(14)30-3)21(27)31-15-6-4-12(8-16(15)29-2)9-18-20(26)23(11-19(24)25)22(32)33-18/h4-10H,11H2,1-3H3,(H,24,25)/b18-9-. The van der Waals surface area contributed by atoms with E-state index in [1.54, 1.807) is 30.3 Å². The Morgan fingerprint density at radius 1 is 1.00 bits per heavy atom. The number of nitrogens with zero attached hydrogens (tertiary/aromatic N) is 1. The summed E-state index contributed by atoms with van der Waals surface area (Å²) in [5.74, 6) is -0.979. The van der Waals surface area contributed by atoms with Crippen LogP contribution in [0.25, 0.3) is 6.08 Å². The highest BCUT2D eigenvalue weighted by atomic mass is 32.2. The first kappa shape index (κ1) is 24.1. The topological polar surface area (TPSA) is 112 Å². The third-order valence-corrected chi connectivity index (χ3v) is 5.85. The minimum atomic E-state index is -1.16. The molecule has 33 heavy (non-hydrogen) atoms. The number of carbonyl (C=O) groups excluding carboxylic acids is 2. The fraction of sp³-hybridized carbons (Fsp3) is 0.182. The lowest BCUT2D eigenvalue weighted by Gasteiger charge is -2.12. The number of carboxylic acids is 1. The highest BCUT2D eigenvalue weighted by Crippen LogP contribution is 2.35. The number of carbonyl (C=O) groups is 3. The Labute approximate surface area is 198 Å². The number of esters is 1. The molecule has 0 bridgehead atoms. The third kappa shape index (κ3) is 5.44. The van der Waals surface area contributed by atoms with Crippen molar-refractivity contribution in [3.63, 3.8) is 0 Å². The Kier molecular flexibility index (Phi) is 7.56. The molecule has 2 aromatic carbocycles. The molecule has 9 nitrogen and oxygen atoms in total. The monoisotopic (exact) mass is 489 g/mol. The summed E-state index contributed by atoms with van der Waals surface area (Å²) in [4.78, 5) is 37.3. The SMILES string of the molecule is COc1ccc(C(=O)Oc2ccc(/C=C3\SC(=S)N(CC(=O)O)C3=O)cc2OC)cc1OC. The average Bonchev–Trinajstić information content (AvgIpc) is 3.06. The molecule has 11 heteroatoms. The first-order valence-corrected chi connectivity index (χ1v) is 10.6. The molecule has 172 valence electrons. The van der Waals surface area contributed by atoms with Gasteiger partial charge in [-0.05, 0) is 42.0 Å². The fourth-order valence-corrected chi connectivity index (χ4v) is 4.16. The van der Waals surface area contributed by atoms with E-state index in [0.717, 1.165) is 16.7 Å². The van der Waals surface area contributed by atoms with Crippen LogP contribution in [0, 0.1) is 0 Å². The molecule has 0 spiro atoms. The first-order chi connectivity index (χ1) is 15.8. The minimum absolute atomic E-state index is 0.168. The molecule has 1 aliphatic rings. The van der Waals surface area contributed by atoms with Gasteiger partial charge in [0.1, 0.15) is 10.9 Å². The quantitative estimate of drug-likeness (QED) is 0.257. The largest absolute Gasteiger partial charge is 0.493 e. The van der Waals surface area contributed by atoms with Crippen LogP contribution in [-0.4, -0.2) is 60.0 Å². The van der Waals surface area contributed by atoms with Gasteiger partial charge in [-0.3, -0.25) is 14.5 Å². The van der Waals surface area contributed by atoms with Crippen LogP contribution in [0.5, 0.6) is 23.0 Å². The lowest BCUT2D eigenvalue weighted by molar-refractivity contribution is -0.140. The van der Waals surface area contributed by atoms with Gasteiger partial charge in [0.05, 0.1) is 31.8 Å². The Morgan fingerprint density at radius 2 is 1.64 bits per heavy atom. The van der Waals surface area contributed by atoms with Crippen LogP contribution in [0.2, 0.25) is 0 Å². The smallest absolute Gasteiger partial charge is 0.343 e. The van der Waals surface area contributed by atoms with Crippen LogP contribution in [0.1, 0.15) is 15.9 Å². The molecular weight excluding hydrogens is 470 g/mol. The number of rotatable bonds is 8. The van der Waals surface area contributed by atoms with Crippen LogP contribution in [0.4, 0.5) is 0 Å². The molecular formula is C22H19NO8S2. The van der Waals surface area contributed by atoms with Gasteiger partial charge in [-0.1, -0.05) is 30.0 Å². The lowest BCUT2D eigenvalue weighted by atomic mass is 10.1. The lowest BCUT2D eigenvalue weighted by Crippen LogP contribution is -2.33. The number of hydrogen-bond acceptors (Lipinski definition) is 9. The number of thioether (sulfide) groups is 1. The number of hydrogen-bond donors (Lipinski definition) is 1. The minimum Gasteiger partial charge on any atom is -0.493 e. The molecule has 1 saturated heterocycles. The Hall–Kier alpha value is -3.57. The van der Waals surface area contributed by atoms with Gasteiger partial charge in [0, 0.05) is 0 Å². The second kappa shape index (κ2) is 10.4. The molecule has 1 amide bonds. The number of benzene rings is 2. The predicted molar refractivity (Wildman–Crippen MR) is 125 cm³/mol. The molecule has 1 heterocycles. The van der Waals surface area contributed by atoms with E-state index in [1.165, 1.54) is 33.5 Å². The normalized spacial score (nSPS) is 14.4. The Morgan fingerprint density at radius 3 is 2.27 bits per heavy atom. The molecule has 3 rings (SSSR count). The van der Waals surface area contributed by atoms with Gasteiger partial charge >= 0.3 is 11.9 Å². The van der Waals surface area contributed by atoms with Crippen molar-refractivity contribution in [3.8, 4) is 23.0 Å². The van der Waals surface area contributed by atoms with Crippen LogP contribution in [-0.2, 0) is 9.59 Å². The van der Waals surface area contributed by atoms with Crippen molar-refractivity contribution < 1.29 is 38.4 Å². The van der Waals surface area contributed by atoms with Crippen molar-refractivity contribution in [2.24, 2.45) is 0 Å². The summed E-state index contributed by atoms with van der Waals surface area (Å²) in [6, 6.07) is 9.38. The van der Waals surface area contributed by atoms with Gasteiger partial charge in [0.25, 0.3) is 5.91 Å². The van der Waals surface area contributed by atoms with E-state index in [9.17, 15) is 14.4 Å². The average molecular weight is 490 g/mol. The zero-order valence-electron chi connectivity index (χ0n) is 17.8. The highest BCUT2D eigenvalue weighted by Gasteiger charge is 2.33. The summed E-state index contributed by atoms with van der Waals surface area (Å²) in [5.41, 5.74) is 0.828. The maximum atomic E-state index is 12.6. The van der Waals surface area contributed by atoms with E-state index < -0.39 is 24.4 Å². The molecule has 0 saturated carbocycles. The first-order valence-electron chi connectivity index (χ1n) is 9.36. The van der Waals surface area contributed by atoms with Gasteiger partial charge in [-0.2, -0.15) is 0 Å². The Bertz CT molecular complexity index is 1160. The van der Waals surface area contributed by atoms with Crippen molar-refractivity contribution in [2.75, 3.05) is 27.9 Å². The van der Waals surface area contributed by atoms with E-state index in [1.807, 2.05) is 0 Å². The van der Waals surface area contributed by atoms with E-state index in [2.05, 4.69) is 0 Å². The highest BCUT2D eigenvalue weighted by molar-refractivity contribution is 8.26. The summed E-state index contributed by atoms with van der Waals surface area (Å²) in [6.07, 6.45) is 1.56. The van der Waals surface area contributed by atoms with Gasteiger partial charge < -0.3 is 24.1 Å². The van der Waals surface area contributed by atoms with Crippen molar-refractivity contribution >= 4 is 52.2 Å². The summed E-state index contributed by atoms with van der Waals surface area (Å²) < 4.78 is 21.3. The van der Waals surface area contributed by atoms with Crippen LogP contribution in [0.15, 0.2) is 41.3 Å². The predicted octanol–water partition coefficient (Wildman–Crippen LogP) is 3.22. The molecule has 0 aliphatic carbocycles. The van der Waals surface area contributed by atoms with Crippen LogP contribution < -0.4 is 18.9 Å². The summed E-state index contributed by atoms with van der Waals surface area (Å²) in [6.45, 7) is -0.504. The molecule has 1 N–H and O–H groups in total. The Balaban J connectivity index is 1.81. The molecule has 0 unspecified atom stereocenters. The number of thiocarbonyl (C=S) groups is 1. The second-order valence-corrected chi connectivity index (χ2v) is 8.21. The summed E-state index contributed by atoms with van der Waals surface area (Å²) in [7, 11) is 4.37. The number of carboxylic acid groups (broad SMARTS) is 1.